The van der Waals surface area contributed by atoms with Gasteiger partial charge in [0.15, 0.2) is 0 Å². The van der Waals surface area contributed by atoms with E-state index in [1.807, 2.05) is 19.3 Å². The summed E-state index contributed by atoms with van der Waals surface area (Å²) in [5, 5.41) is 0. The van der Waals surface area contributed by atoms with Gasteiger partial charge in [-0.3, -0.25) is 9.36 Å². The van der Waals surface area contributed by atoms with Crippen molar-refractivity contribution in [2.24, 2.45) is 5.92 Å². The molecule has 2 fully saturated rings. The van der Waals surface area contributed by atoms with Gasteiger partial charge < -0.3 is 4.90 Å². The first-order valence-corrected chi connectivity index (χ1v) is 8.78. The molecule has 6 nitrogen and oxygen atoms in total. The fourth-order valence-electron chi connectivity index (χ4n) is 3.41. The summed E-state index contributed by atoms with van der Waals surface area (Å²) in [6, 6.07) is 0. The first-order chi connectivity index (χ1) is 11.7. The van der Waals surface area contributed by atoms with E-state index in [-0.39, 0.29) is 5.56 Å². The normalized spacial score (nSPS) is 18.8. The molecule has 0 radical (unpaired) electrons. The number of aryl methyl sites for hydroxylation is 1. The molecule has 1 aliphatic heterocycles. The minimum absolute atomic E-state index is 0.0754. The molecular weight excluding hydrogens is 302 g/mol. The number of rotatable bonds is 4. The molecule has 0 aromatic carbocycles. The molecule has 24 heavy (non-hydrogen) atoms. The van der Waals surface area contributed by atoms with Gasteiger partial charge in [-0.05, 0) is 50.0 Å². The molecule has 0 bridgehead atoms. The van der Waals surface area contributed by atoms with Crippen LogP contribution in [0, 0.1) is 12.8 Å². The zero-order valence-electron chi connectivity index (χ0n) is 14.1. The standard InChI is InChI=1S/C18H23N5O/c1-13-8-19-12-23(17(13)24)11-14-4-6-22(7-5-14)18-20-9-16(10-21-18)15-2-3-15/h8-10,12,14-15H,2-7,11H2,1H3. The number of aromatic nitrogens is 4. The van der Waals surface area contributed by atoms with Crippen LogP contribution in [0.15, 0.2) is 29.7 Å². The van der Waals surface area contributed by atoms with E-state index in [0.717, 1.165) is 38.4 Å². The van der Waals surface area contributed by atoms with Crippen LogP contribution in [0.3, 0.4) is 0 Å². The Labute approximate surface area is 141 Å². The van der Waals surface area contributed by atoms with Gasteiger partial charge in [0.2, 0.25) is 5.95 Å². The first kappa shape index (κ1) is 15.3. The molecule has 0 atom stereocenters. The van der Waals surface area contributed by atoms with Crippen molar-refractivity contribution in [2.45, 2.75) is 45.1 Å². The Morgan fingerprint density at radius 1 is 1.08 bits per heavy atom. The van der Waals surface area contributed by atoms with Gasteiger partial charge in [-0.25, -0.2) is 15.0 Å². The Morgan fingerprint density at radius 3 is 2.46 bits per heavy atom. The summed E-state index contributed by atoms with van der Waals surface area (Å²) < 4.78 is 1.75. The van der Waals surface area contributed by atoms with E-state index in [0.29, 0.717) is 17.4 Å². The minimum Gasteiger partial charge on any atom is -0.341 e. The first-order valence-electron chi connectivity index (χ1n) is 8.78. The second-order valence-corrected chi connectivity index (χ2v) is 7.06. The lowest BCUT2D eigenvalue weighted by atomic mass is 9.97. The van der Waals surface area contributed by atoms with Crippen molar-refractivity contribution in [1.82, 2.24) is 19.5 Å². The van der Waals surface area contributed by atoms with Crippen molar-refractivity contribution < 1.29 is 0 Å². The third-order valence-electron chi connectivity index (χ3n) is 5.13. The van der Waals surface area contributed by atoms with Crippen molar-refractivity contribution in [3.05, 3.63) is 46.4 Å². The molecular formula is C18H23N5O. The molecule has 1 aliphatic carbocycles. The SMILES string of the molecule is Cc1cncn(CC2CCN(c3ncc(C4CC4)cn3)CC2)c1=O. The molecule has 3 heterocycles. The monoisotopic (exact) mass is 325 g/mol. The predicted octanol–water partition coefficient (Wildman–Crippen LogP) is 2.14. The Bertz CT molecular complexity index is 758. The lowest BCUT2D eigenvalue weighted by Gasteiger charge is -2.32. The van der Waals surface area contributed by atoms with Gasteiger partial charge in [-0.2, -0.15) is 0 Å². The van der Waals surface area contributed by atoms with Crippen molar-refractivity contribution in [2.75, 3.05) is 18.0 Å². The van der Waals surface area contributed by atoms with Crippen LogP contribution >= 0.6 is 0 Å². The van der Waals surface area contributed by atoms with E-state index in [1.165, 1.54) is 18.4 Å². The molecule has 2 aromatic heterocycles. The van der Waals surface area contributed by atoms with Crippen LogP contribution in [0.25, 0.3) is 0 Å². The maximum atomic E-state index is 12.1. The highest BCUT2D eigenvalue weighted by Crippen LogP contribution is 2.39. The lowest BCUT2D eigenvalue weighted by Crippen LogP contribution is -2.37. The van der Waals surface area contributed by atoms with Crippen LogP contribution in [0.4, 0.5) is 5.95 Å². The number of hydrogen-bond acceptors (Lipinski definition) is 5. The van der Waals surface area contributed by atoms with E-state index in [4.69, 9.17) is 0 Å². The fraction of sp³-hybridized carbons (Fsp3) is 0.556. The van der Waals surface area contributed by atoms with Gasteiger partial charge in [-0.15, -0.1) is 0 Å². The smallest absolute Gasteiger partial charge is 0.256 e. The van der Waals surface area contributed by atoms with Gasteiger partial charge in [0.25, 0.3) is 5.56 Å². The predicted molar refractivity (Wildman–Crippen MR) is 92.2 cm³/mol. The zero-order valence-corrected chi connectivity index (χ0v) is 14.1. The van der Waals surface area contributed by atoms with E-state index < -0.39 is 0 Å². The summed E-state index contributed by atoms with van der Waals surface area (Å²) in [4.78, 5) is 27.6. The quantitative estimate of drug-likeness (QED) is 0.862. The van der Waals surface area contributed by atoms with E-state index in [1.54, 1.807) is 17.1 Å². The number of nitrogens with zero attached hydrogens (tertiary/aromatic N) is 5. The fourth-order valence-corrected chi connectivity index (χ4v) is 3.41. The van der Waals surface area contributed by atoms with Crippen molar-refractivity contribution in [3.8, 4) is 0 Å². The third kappa shape index (κ3) is 3.18. The summed E-state index contributed by atoms with van der Waals surface area (Å²) in [6.45, 7) is 4.46. The Morgan fingerprint density at radius 2 is 1.79 bits per heavy atom. The highest BCUT2D eigenvalue weighted by molar-refractivity contribution is 5.32. The molecule has 0 spiro atoms. The summed E-state index contributed by atoms with van der Waals surface area (Å²) in [6.07, 6.45) is 11.9. The number of piperidine rings is 1. The molecule has 0 N–H and O–H groups in total. The van der Waals surface area contributed by atoms with Gasteiger partial charge in [-0.1, -0.05) is 0 Å². The van der Waals surface area contributed by atoms with Crippen LogP contribution in [-0.2, 0) is 6.54 Å². The van der Waals surface area contributed by atoms with Crippen molar-refractivity contribution in [3.63, 3.8) is 0 Å². The molecule has 2 aromatic rings. The average Bonchev–Trinajstić information content (AvgIpc) is 3.45. The molecule has 0 amide bonds. The molecule has 0 unspecified atom stereocenters. The third-order valence-corrected chi connectivity index (χ3v) is 5.13. The van der Waals surface area contributed by atoms with E-state index in [2.05, 4.69) is 19.9 Å². The molecule has 1 saturated heterocycles. The Hall–Kier alpha value is -2.24. The van der Waals surface area contributed by atoms with Crippen molar-refractivity contribution >= 4 is 5.95 Å². The Kier molecular flexibility index (Phi) is 4.04. The largest absolute Gasteiger partial charge is 0.341 e. The van der Waals surface area contributed by atoms with E-state index in [9.17, 15) is 4.79 Å². The summed E-state index contributed by atoms with van der Waals surface area (Å²) in [5.41, 5.74) is 2.06. The number of hydrogen-bond donors (Lipinski definition) is 0. The van der Waals surface area contributed by atoms with Gasteiger partial charge >= 0.3 is 0 Å². The highest BCUT2D eigenvalue weighted by atomic mass is 16.1. The highest BCUT2D eigenvalue weighted by Gasteiger charge is 2.25. The van der Waals surface area contributed by atoms with Crippen LogP contribution in [0.5, 0.6) is 0 Å². The zero-order chi connectivity index (χ0) is 16.5. The maximum Gasteiger partial charge on any atom is 0.256 e. The minimum atomic E-state index is 0.0754. The molecule has 6 heteroatoms. The van der Waals surface area contributed by atoms with Gasteiger partial charge in [0, 0.05) is 43.8 Å². The summed E-state index contributed by atoms with van der Waals surface area (Å²) in [7, 11) is 0. The van der Waals surface area contributed by atoms with Gasteiger partial charge in [0.05, 0.1) is 6.33 Å². The van der Waals surface area contributed by atoms with Crippen LogP contribution in [0.1, 0.15) is 42.7 Å². The molecule has 2 aliphatic rings. The van der Waals surface area contributed by atoms with Crippen molar-refractivity contribution in [1.29, 1.82) is 0 Å². The summed E-state index contributed by atoms with van der Waals surface area (Å²) >= 11 is 0. The second kappa shape index (κ2) is 6.34. The maximum absolute atomic E-state index is 12.1. The van der Waals surface area contributed by atoms with Gasteiger partial charge in [0.1, 0.15) is 0 Å². The van der Waals surface area contributed by atoms with Crippen LogP contribution < -0.4 is 10.5 Å². The van der Waals surface area contributed by atoms with Crippen LogP contribution in [0.2, 0.25) is 0 Å². The molecule has 126 valence electrons. The topological polar surface area (TPSA) is 63.9 Å². The molecule has 4 rings (SSSR count). The number of anilines is 1. The van der Waals surface area contributed by atoms with Crippen LogP contribution in [-0.4, -0.2) is 32.6 Å². The second-order valence-electron chi connectivity index (χ2n) is 7.06. The summed E-state index contributed by atoms with van der Waals surface area (Å²) in [5.74, 6) is 2.05. The average molecular weight is 325 g/mol. The lowest BCUT2D eigenvalue weighted by molar-refractivity contribution is 0.348. The molecule has 1 saturated carbocycles. The van der Waals surface area contributed by atoms with E-state index >= 15 is 0 Å². The Balaban J connectivity index is 1.36.